The van der Waals surface area contributed by atoms with E-state index in [1.807, 2.05) is 0 Å². The molecule has 1 heteroatoms. The van der Waals surface area contributed by atoms with Crippen molar-refractivity contribution in [1.29, 1.82) is 0 Å². The fraction of sp³-hybridized carbons (Fsp3) is 0.900. The van der Waals surface area contributed by atoms with E-state index in [2.05, 4.69) is 20.4 Å². The summed E-state index contributed by atoms with van der Waals surface area (Å²) in [5.74, 6) is 0.935. The van der Waals surface area contributed by atoms with Crippen LogP contribution in [0, 0.1) is 0 Å². The number of hydrogen-bond acceptors (Lipinski definition) is 1. The molecule has 1 nitrogen and oxygen atoms in total. The minimum Gasteiger partial charge on any atom is -0.499 e. The summed E-state index contributed by atoms with van der Waals surface area (Å²) in [5, 5.41) is 0. The SMILES string of the molecule is C=C(CC)OCCCCCCCCCCCCCCCC. The van der Waals surface area contributed by atoms with Gasteiger partial charge in [-0.1, -0.05) is 104 Å². The van der Waals surface area contributed by atoms with E-state index in [1.165, 1.54) is 89.9 Å². The first kappa shape index (κ1) is 20.5. The molecule has 0 aliphatic rings. The average molecular weight is 297 g/mol. The fourth-order valence-electron chi connectivity index (χ4n) is 2.62. The molecule has 0 aliphatic carbocycles. The van der Waals surface area contributed by atoms with Crippen LogP contribution in [0.2, 0.25) is 0 Å². The van der Waals surface area contributed by atoms with Crippen molar-refractivity contribution in [3.8, 4) is 0 Å². The molecule has 0 amide bonds. The number of unbranched alkanes of at least 4 members (excludes halogenated alkanes) is 13. The van der Waals surface area contributed by atoms with Gasteiger partial charge in [-0.25, -0.2) is 0 Å². The monoisotopic (exact) mass is 296 g/mol. The average Bonchev–Trinajstić information content (AvgIpc) is 2.50. The molecule has 0 fully saturated rings. The minimum absolute atomic E-state index is 0.866. The molecule has 126 valence electrons. The zero-order valence-corrected chi connectivity index (χ0v) is 14.9. The van der Waals surface area contributed by atoms with Crippen molar-refractivity contribution in [2.24, 2.45) is 0 Å². The van der Waals surface area contributed by atoms with E-state index in [-0.39, 0.29) is 0 Å². The Kier molecular flexibility index (Phi) is 17.2. The van der Waals surface area contributed by atoms with Gasteiger partial charge in [-0.05, 0) is 6.42 Å². The van der Waals surface area contributed by atoms with Crippen molar-refractivity contribution in [3.05, 3.63) is 12.3 Å². The predicted octanol–water partition coefficient (Wildman–Crippen LogP) is 7.41. The lowest BCUT2D eigenvalue weighted by Gasteiger charge is -2.06. The summed E-state index contributed by atoms with van der Waals surface area (Å²) in [7, 11) is 0. The minimum atomic E-state index is 0.866. The number of allylic oxidation sites excluding steroid dienone is 1. The quantitative estimate of drug-likeness (QED) is 0.200. The Bertz CT molecular complexity index is 210. The standard InChI is InChI=1S/C20H40O/c1-4-6-7-8-9-10-11-12-13-14-15-16-17-18-19-21-20(3)5-2/h3-19H2,1-2H3. The van der Waals surface area contributed by atoms with Crippen molar-refractivity contribution in [3.63, 3.8) is 0 Å². The molecule has 0 aromatic rings. The summed E-state index contributed by atoms with van der Waals surface area (Å²) in [6.45, 7) is 9.10. The van der Waals surface area contributed by atoms with Gasteiger partial charge in [-0.3, -0.25) is 0 Å². The largest absolute Gasteiger partial charge is 0.499 e. The van der Waals surface area contributed by atoms with E-state index in [4.69, 9.17) is 4.74 Å². The van der Waals surface area contributed by atoms with Crippen LogP contribution in [-0.2, 0) is 4.74 Å². The lowest BCUT2D eigenvalue weighted by molar-refractivity contribution is 0.199. The zero-order valence-electron chi connectivity index (χ0n) is 14.9. The van der Waals surface area contributed by atoms with Crippen LogP contribution in [0.25, 0.3) is 0 Å². The van der Waals surface area contributed by atoms with Crippen LogP contribution < -0.4 is 0 Å². The second-order valence-corrected chi connectivity index (χ2v) is 6.34. The maximum Gasteiger partial charge on any atom is 0.0885 e. The third kappa shape index (κ3) is 17.5. The molecule has 0 rings (SSSR count). The molecule has 0 radical (unpaired) electrons. The maximum absolute atomic E-state index is 5.50. The normalized spacial score (nSPS) is 10.8. The van der Waals surface area contributed by atoms with E-state index >= 15 is 0 Å². The summed E-state index contributed by atoms with van der Waals surface area (Å²) in [6, 6.07) is 0. The number of hydrogen-bond donors (Lipinski definition) is 0. The van der Waals surface area contributed by atoms with E-state index in [1.54, 1.807) is 0 Å². The van der Waals surface area contributed by atoms with Gasteiger partial charge in [0.2, 0.25) is 0 Å². The number of rotatable bonds is 17. The highest BCUT2D eigenvalue weighted by Gasteiger charge is 1.95. The molecular weight excluding hydrogens is 256 g/mol. The van der Waals surface area contributed by atoms with Gasteiger partial charge >= 0.3 is 0 Å². The van der Waals surface area contributed by atoms with E-state index in [0.717, 1.165) is 18.8 Å². The van der Waals surface area contributed by atoms with Crippen molar-refractivity contribution >= 4 is 0 Å². The van der Waals surface area contributed by atoms with Gasteiger partial charge in [0.15, 0.2) is 0 Å². The van der Waals surface area contributed by atoms with Gasteiger partial charge in [0.1, 0.15) is 0 Å². The highest BCUT2D eigenvalue weighted by atomic mass is 16.5. The zero-order chi connectivity index (χ0) is 15.6. The summed E-state index contributed by atoms with van der Waals surface area (Å²) < 4.78 is 5.50. The first-order chi connectivity index (χ1) is 10.3. The molecule has 0 aromatic heterocycles. The smallest absolute Gasteiger partial charge is 0.0885 e. The van der Waals surface area contributed by atoms with Crippen molar-refractivity contribution in [2.75, 3.05) is 6.61 Å². The molecule has 0 aliphatic heterocycles. The summed E-state index contributed by atoms with van der Waals surface area (Å²) in [6.07, 6.45) is 20.6. The fourth-order valence-corrected chi connectivity index (χ4v) is 2.62. The van der Waals surface area contributed by atoms with Gasteiger partial charge in [0.05, 0.1) is 12.4 Å². The van der Waals surface area contributed by atoms with Crippen LogP contribution in [-0.4, -0.2) is 6.61 Å². The lowest BCUT2D eigenvalue weighted by Crippen LogP contribution is -1.93. The Hall–Kier alpha value is -0.460. The second-order valence-electron chi connectivity index (χ2n) is 6.34. The molecule has 0 atom stereocenters. The Morgan fingerprint density at radius 1 is 0.619 bits per heavy atom. The first-order valence-corrected chi connectivity index (χ1v) is 9.61. The summed E-state index contributed by atoms with van der Waals surface area (Å²) in [4.78, 5) is 0. The molecule has 0 bridgehead atoms. The van der Waals surface area contributed by atoms with Crippen molar-refractivity contribution in [1.82, 2.24) is 0 Å². The first-order valence-electron chi connectivity index (χ1n) is 9.61. The van der Waals surface area contributed by atoms with E-state index in [9.17, 15) is 0 Å². The molecular formula is C20H40O. The van der Waals surface area contributed by atoms with Crippen LogP contribution in [0.1, 0.15) is 110 Å². The van der Waals surface area contributed by atoms with Crippen LogP contribution in [0.15, 0.2) is 12.3 Å². The van der Waals surface area contributed by atoms with Gasteiger partial charge < -0.3 is 4.74 Å². The molecule has 21 heavy (non-hydrogen) atoms. The summed E-state index contributed by atoms with van der Waals surface area (Å²) in [5.41, 5.74) is 0. The summed E-state index contributed by atoms with van der Waals surface area (Å²) >= 11 is 0. The molecule has 0 saturated carbocycles. The molecule has 0 heterocycles. The van der Waals surface area contributed by atoms with Crippen molar-refractivity contribution in [2.45, 2.75) is 110 Å². The maximum atomic E-state index is 5.50. The molecule has 0 saturated heterocycles. The predicted molar refractivity (Wildman–Crippen MR) is 95.7 cm³/mol. The van der Waals surface area contributed by atoms with Crippen LogP contribution in [0.3, 0.4) is 0 Å². The molecule has 0 spiro atoms. The Morgan fingerprint density at radius 3 is 1.38 bits per heavy atom. The topological polar surface area (TPSA) is 9.23 Å². The highest BCUT2D eigenvalue weighted by molar-refractivity contribution is 4.79. The Balaban J connectivity index is 2.98. The number of ether oxygens (including phenoxy) is 1. The highest BCUT2D eigenvalue weighted by Crippen LogP contribution is 2.13. The molecule has 0 unspecified atom stereocenters. The third-order valence-corrected chi connectivity index (χ3v) is 4.20. The van der Waals surface area contributed by atoms with E-state index in [0.29, 0.717) is 0 Å². The second kappa shape index (κ2) is 17.6. The van der Waals surface area contributed by atoms with Gasteiger partial charge in [0.25, 0.3) is 0 Å². The van der Waals surface area contributed by atoms with Crippen LogP contribution in [0.4, 0.5) is 0 Å². The molecule has 0 aromatic carbocycles. The van der Waals surface area contributed by atoms with E-state index < -0.39 is 0 Å². The lowest BCUT2D eigenvalue weighted by atomic mass is 10.0. The van der Waals surface area contributed by atoms with Gasteiger partial charge in [-0.2, -0.15) is 0 Å². The van der Waals surface area contributed by atoms with Crippen LogP contribution >= 0.6 is 0 Å². The van der Waals surface area contributed by atoms with Gasteiger partial charge in [-0.15, -0.1) is 0 Å². The van der Waals surface area contributed by atoms with Crippen molar-refractivity contribution < 1.29 is 4.74 Å². The Morgan fingerprint density at radius 2 is 1.00 bits per heavy atom. The third-order valence-electron chi connectivity index (χ3n) is 4.20. The van der Waals surface area contributed by atoms with Crippen LogP contribution in [0.5, 0.6) is 0 Å². The van der Waals surface area contributed by atoms with Gasteiger partial charge in [0, 0.05) is 6.42 Å². The molecule has 0 N–H and O–H groups in total. The Labute approximate surface area is 134 Å².